The number of fused-ring (bicyclic) bond motifs is 4. The number of rotatable bonds is 29. The SMILES string of the molecule is CC(=O)N1CCN(CCOc2ccn3nc(C)c(-c4nc(-c5ccccc5)c(-c5ncn[nH]5)s4)c3c2)CC1.Cc1nn2ccc(OCCN3CCN(C)C(=O)C3)cc2c1-c1nc(-c2ccccc2)c(-c2ncn[nH]2)s1.Cc1nn2ccc(OCCN3CCN(S(C)(=O)=O)CC3)cc2c1-c1nc(-c2ccccc2)c(-c2ncn[nH]2)s1.Cc1nn2ccc(OCCN3CCNC(=O)C3)cc2c1-c1nc(-c2ccccc2)c(-c2ncn[nH]2)s1. The molecule has 0 bridgehead atoms. The number of hydrogen-bond donors (Lipinski definition) is 5. The molecular formula is C104H106N32O9S5. The lowest BCUT2D eigenvalue weighted by molar-refractivity contribution is -0.134. The molecule has 3 amide bonds. The van der Waals surface area contributed by atoms with Crippen molar-refractivity contribution in [3.05, 3.63) is 243 Å². The van der Waals surface area contributed by atoms with Crippen molar-refractivity contribution in [2.75, 3.05) is 158 Å². The van der Waals surface area contributed by atoms with Gasteiger partial charge in [0.05, 0.1) is 129 Å². The average molecular weight is 2110 g/mol. The second-order valence-corrected chi connectivity index (χ2v) is 42.1. The lowest BCUT2D eigenvalue weighted by atomic mass is 10.1. The molecule has 0 unspecified atom stereocenters. The van der Waals surface area contributed by atoms with Crippen LogP contribution in [0.3, 0.4) is 0 Å². The maximum absolute atomic E-state index is 12.0. The number of pyridine rings is 4. The normalized spacial score (nSPS) is 14.6. The maximum Gasteiger partial charge on any atom is 0.236 e. The summed E-state index contributed by atoms with van der Waals surface area (Å²) in [5.41, 5.74) is 18.5. The number of hydrogen-bond acceptors (Lipinski definition) is 33. The van der Waals surface area contributed by atoms with Gasteiger partial charge in [-0.25, -0.2) is 66.4 Å². The molecule has 4 aliphatic heterocycles. The van der Waals surface area contributed by atoms with E-state index >= 15 is 0 Å². The molecule has 0 aliphatic carbocycles. The number of benzene rings is 4. The van der Waals surface area contributed by atoms with E-state index < -0.39 is 10.0 Å². The van der Waals surface area contributed by atoms with Crippen LogP contribution < -0.4 is 24.3 Å². The lowest BCUT2D eigenvalue weighted by Crippen LogP contribution is -2.49. The van der Waals surface area contributed by atoms with E-state index in [0.29, 0.717) is 109 Å². The molecule has 0 atom stereocenters. The number of carbonyl (C=O) groups is 3. The van der Waals surface area contributed by atoms with Crippen LogP contribution in [-0.2, 0) is 24.4 Å². The second-order valence-electron chi connectivity index (χ2n) is 36.2. The molecule has 0 saturated carbocycles. The quantitative estimate of drug-likeness (QED) is 0.0291. The summed E-state index contributed by atoms with van der Waals surface area (Å²) in [5, 5.41) is 53.2. The summed E-state index contributed by atoms with van der Waals surface area (Å²) in [5.74, 6) is 6.12. The van der Waals surface area contributed by atoms with Crippen LogP contribution in [0.4, 0.5) is 0 Å². The molecule has 4 aromatic carbocycles. The van der Waals surface area contributed by atoms with Crippen molar-refractivity contribution in [1.82, 2.24) is 158 Å². The molecule has 20 aromatic rings. The predicted octanol–water partition coefficient (Wildman–Crippen LogP) is 13.3. The molecule has 16 aromatic heterocycles. The van der Waals surface area contributed by atoms with E-state index in [4.69, 9.17) is 59.3 Å². The van der Waals surface area contributed by atoms with Gasteiger partial charge in [0.25, 0.3) is 0 Å². The van der Waals surface area contributed by atoms with Gasteiger partial charge >= 0.3 is 0 Å². The van der Waals surface area contributed by atoms with Gasteiger partial charge in [0, 0.05) is 190 Å². The molecule has 46 heteroatoms. The minimum Gasteiger partial charge on any atom is -0.492 e. The number of piperazine rings is 4. The van der Waals surface area contributed by atoms with Crippen molar-refractivity contribution in [3.63, 3.8) is 0 Å². The number of sulfonamides is 1. The fraction of sp³-hybridized carbons (Fsp3) is 0.279. The highest BCUT2D eigenvalue weighted by Gasteiger charge is 2.32. The van der Waals surface area contributed by atoms with E-state index in [9.17, 15) is 22.8 Å². The summed E-state index contributed by atoms with van der Waals surface area (Å²) in [4.78, 5) is 89.0. The number of amides is 3. The average Bonchev–Trinajstić information content (AvgIpc) is 1.62. The molecule has 5 N–H and O–H groups in total. The van der Waals surface area contributed by atoms with Gasteiger partial charge in [0.1, 0.15) is 94.8 Å². The molecule has 41 nitrogen and oxygen atoms in total. The molecule has 4 fully saturated rings. The Labute approximate surface area is 877 Å². The van der Waals surface area contributed by atoms with Crippen molar-refractivity contribution in [1.29, 1.82) is 0 Å². The summed E-state index contributed by atoms with van der Waals surface area (Å²) < 4.78 is 56.8. The molecule has 150 heavy (non-hydrogen) atoms. The fourth-order valence-electron chi connectivity index (χ4n) is 18.4. The van der Waals surface area contributed by atoms with E-state index in [1.807, 2.05) is 252 Å². The number of likely N-dealkylation sites (N-methyl/N-ethyl adjacent to an activating group) is 1. The largest absolute Gasteiger partial charge is 0.492 e. The Kier molecular flexibility index (Phi) is 30.0. The third kappa shape index (κ3) is 22.6. The van der Waals surface area contributed by atoms with Crippen LogP contribution in [0.1, 0.15) is 29.7 Å². The van der Waals surface area contributed by atoms with Crippen LogP contribution in [0.25, 0.3) is 152 Å². The fourth-order valence-corrected chi connectivity index (χ4v) is 23.8. The maximum atomic E-state index is 12.0. The number of aryl methyl sites for hydroxylation is 4. The third-order valence-corrected chi connectivity index (χ3v) is 31.8. The van der Waals surface area contributed by atoms with Gasteiger partial charge < -0.3 is 34.1 Å². The first-order chi connectivity index (χ1) is 73.1. The molecule has 4 aliphatic rings. The Bertz CT molecular complexity index is 8200. The lowest BCUT2D eigenvalue weighted by Gasteiger charge is -2.34. The van der Waals surface area contributed by atoms with Crippen LogP contribution in [0.2, 0.25) is 0 Å². The van der Waals surface area contributed by atoms with E-state index in [1.54, 1.807) is 57.2 Å². The molecule has 24 rings (SSSR count). The smallest absolute Gasteiger partial charge is 0.236 e. The number of H-pyrrole nitrogens is 4. The molecule has 0 spiro atoms. The van der Waals surface area contributed by atoms with Crippen molar-refractivity contribution < 1.29 is 41.7 Å². The zero-order valence-corrected chi connectivity index (χ0v) is 87.2. The van der Waals surface area contributed by atoms with Crippen LogP contribution in [0.5, 0.6) is 23.0 Å². The van der Waals surface area contributed by atoms with Crippen LogP contribution in [-0.4, -0.2) is 336 Å². The minimum atomic E-state index is -3.13. The van der Waals surface area contributed by atoms with Crippen molar-refractivity contribution in [2.45, 2.75) is 34.6 Å². The Balaban J connectivity index is 0.000000117. The van der Waals surface area contributed by atoms with Crippen LogP contribution in [0, 0.1) is 27.7 Å². The highest BCUT2D eigenvalue weighted by molar-refractivity contribution is 7.88. The number of nitrogens with zero attached hydrogens (tertiary/aromatic N) is 27. The highest BCUT2D eigenvalue weighted by atomic mass is 32.2. The first-order valence-electron chi connectivity index (χ1n) is 48.9. The standard InChI is InChI=1S/C27H28N8O2S.C26H28N8O3S2.C26H26N8O2S.C25H24N8O2S/c1-18-23(27-30-24(20-6-4-3-5-7-20)25(38-27)26-28-17-29-31-26)22-16-21(8-9-35(22)32-18)37-15-14-33-10-12-34(13-11-33)19(2)36;1-18-22(26-29-23(19-6-4-3-5-7-19)24(38-26)25-27-17-28-30-25)21-16-20(8-9-34(21)31-18)37-15-14-32-10-12-33(13-11-32)39(2,35)36;1-17-22(26-29-23(18-6-4-3-5-7-18)24(37-26)25-27-16-28-30-25)20-14-19(8-9-34(20)31-17)36-13-12-33-11-10-32(2)21(35)15-33;1-16-21(25-29-22(17-5-3-2-4-6-17)23(36-25)24-27-15-28-30-24)19-13-18(7-9-33(19)31-16)35-12-11-32-10-8-26-20(34)14-32/h3-9,16-17H,10-15H2,1-2H3,(H,28,29,31);3-9,16-17H,10-15H2,1-2H3,(H,27,28,30);3-9,14,16H,10-13,15H2,1-2H3,(H,27,28,30);2-7,9,13,15H,8,10-12,14H2,1H3,(H,26,34)(H,27,28,30). The van der Waals surface area contributed by atoms with Crippen molar-refractivity contribution in [2.24, 2.45) is 0 Å². The van der Waals surface area contributed by atoms with Crippen LogP contribution >= 0.6 is 45.3 Å². The van der Waals surface area contributed by atoms with E-state index in [-0.39, 0.29) is 17.7 Å². The van der Waals surface area contributed by atoms with Crippen LogP contribution in [0.15, 0.2) is 220 Å². The molecule has 4 saturated heterocycles. The number of thiazole rings is 4. The zero-order chi connectivity index (χ0) is 103. The van der Waals surface area contributed by atoms with Gasteiger partial charge in [-0.15, -0.1) is 45.3 Å². The Morgan fingerprint density at radius 1 is 0.373 bits per heavy atom. The summed E-state index contributed by atoms with van der Waals surface area (Å²) >= 11 is 6.24. The highest BCUT2D eigenvalue weighted by Crippen LogP contribution is 2.48. The van der Waals surface area contributed by atoms with Gasteiger partial charge in [-0.05, 0) is 52.0 Å². The Hall–Kier alpha value is -15.9. The number of carbonyl (C=O) groups excluding carboxylic acids is 3. The molecular weight excluding hydrogens is 2000 g/mol. The summed E-state index contributed by atoms with van der Waals surface area (Å²) in [7, 11) is -1.29. The second kappa shape index (κ2) is 45.0. The van der Waals surface area contributed by atoms with E-state index in [0.717, 1.165) is 234 Å². The number of nitrogens with one attached hydrogen (secondary N) is 5. The summed E-state index contributed by atoms with van der Waals surface area (Å²) in [6.07, 6.45) is 14.9. The Morgan fingerprint density at radius 2 is 0.667 bits per heavy atom. The molecule has 20 heterocycles. The predicted molar refractivity (Wildman–Crippen MR) is 574 cm³/mol. The van der Waals surface area contributed by atoms with Gasteiger partial charge in [-0.3, -0.25) is 54.4 Å². The van der Waals surface area contributed by atoms with E-state index in [2.05, 4.69) is 85.6 Å². The molecule has 0 radical (unpaired) electrons. The van der Waals surface area contributed by atoms with Gasteiger partial charge in [-0.1, -0.05) is 121 Å². The van der Waals surface area contributed by atoms with Gasteiger partial charge in [0.2, 0.25) is 27.7 Å². The van der Waals surface area contributed by atoms with E-state index in [1.165, 1.54) is 35.9 Å². The first-order valence-corrected chi connectivity index (χ1v) is 54.0. The monoisotopic (exact) mass is 2110 g/mol. The third-order valence-electron chi connectivity index (χ3n) is 26.2. The topological polar surface area (TPSA) is 444 Å². The summed E-state index contributed by atoms with van der Waals surface area (Å²) in [6, 6.07) is 56.0. The van der Waals surface area contributed by atoms with Crippen molar-refractivity contribution >= 4 is 95.2 Å². The van der Waals surface area contributed by atoms with Gasteiger partial charge in [0.15, 0.2) is 23.3 Å². The Morgan fingerprint density at radius 3 is 0.947 bits per heavy atom. The molecule has 766 valence electrons. The number of ether oxygens (including phenoxy) is 4. The number of aromatic nitrogens is 24. The first kappa shape index (κ1) is 100. The minimum absolute atomic E-state index is 0.0602. The zero-order valence-electron chi connectivity index (χ0n) is 83.1. The van der Waals surface area contributed by atoms with Crippen molar-refractivity contribution in [3.8, 4) is 153 Å². The number of aromatic amines is 4. The van der Waals surface area contributed by atoms with Gasteiger partial charge in [-0.2, -0.15) is 45.1 Å². The summed E-state index contributed by atoms with van der Waals surface area (Å²) in [6.45, 7) is 24.3.